The second-order valence-corrected chi connectivity index (χ2v) is 2.71. The standard InChI is InChI=1S/C8H7BrO3/c9-4-7-3-6(5-12-7)1-2-8(10)11/h1-3,5H,4H2,(H,10,11)/b2-1+. The molecule has 1 heterocycles. The maximum atomic E-state index is 10.1. The highest BCUT2D eigenvalue weighted by atomic mass is 79.9. The van der Waals surface area contributed by atoms with Crippen LogP contribution in [0.5, 0.6) is 0 Å². The molecule has 4 heteroatoms. The molecule has 1 aromatic rings. The van der Waals surface area contributed by atoms with Crippen LogP contribution >= 0.6 is 15.9 Å². The van der Waals surface area contributed by atoms with E-state index in [0.29, 0.717) is 5.33 Å². The lowest BCUT2D eigenvalue weighted by Crippen LogP contribution is -1.84. The van der Waals surface area contributed by atoms with Crippen molar-refractivity contribution in [2.75, 3.05) is 0 Å². The first-order valence-electron chi connectivity index (χ1n) is 3.27. The van der Waals surface area contributed by atoms with Crippen LogP contribution in [0.4, 0.5) is 0 Å². The van der Waals surface area contributed by atoms with Gasteiger partial charge in [-0.3, -0.25) is 0 Å². The molecule has 1 aromatic heterocycles. The predicted molar refractivity (Wildman–Crippen MR) is 48.0 cm³/mol. The van der Waals surface area contributed by atoms with Gasteiger partial charge in [0.15, 0.2) is 0 Å². The zero-order valence-corrected chi connectivity index (χ0v) is 7.74. The number of carboxylic acid groups (broad SMARTS) is 1. The van der Waals surface area contributed by atoms with Crippen LogP contribution in [-0.4, -0.2) is 11.1 Å². The minimum absolute atomic E-state index is 0.633. The number of rotatable bonds is 3. The van der Waals surface area contributed by atoms with Crippen LogP contribution in [0.25, 0.3) is 6.08 Å². The van der Waals surface area contributed by atoms with E-state index in [1.165, 1.54) is 12.3 Å². The van der Waals surface area contributed by atoms with Crippen LogP contribution in [0.1, 0.15) is 11.3 Å². The minimum Gasteiger partial charge on any atom is -0.478 e. The van der Waals surface area contributed by atoms with Crippen molar-refractivity contribution in [3.05, 3.63) is 29.7 Å². The number of aliphatic carboxylic acids is 1. The molecule has 0 saturated heterocycles. The largest absolute Gasteiger partial charge is 0.478 e. The lowest BCUT2D eigenvalue weighted by atomic mass is 10.3. The highest BCUT2D eigenvalue weighted by molar-refractivity contribution is 9.08. The molecule has 1 N–H and O–H groups in total. The van der Waals surface area contributed by atoms with Crippen molar-refractivity contribution in [2.45, 2.75) is 5.33 Å². The van der Waals surface area contributed by atoms with Gasteiger partial charge in [-0.2, -0.15) is 0 Å². The van der Waals surface area contributed by atoms with E-state index < -0.39 is 5.97 Å². The average Bonchev–Trinajstić information content (AvgIpc) is 2.48. The molecule has 1 rings (SSSR count). The number of hydrogen-bond acceptors (Lipinski definition) is 2. The Morgan fingerprint density at radius 2 is 2.50 bits per heavy atom. The Hall–Kier alpha value is -1.03. The Balaban J connectivity index is 2.70. The van der Waals surface area contributed by atoms with Gasteiger partial charge in [0, 0.05) is 11.6 Å². The molecular formula is C8H7BrO3. The Morgan fingerprint density at radius 3 is 3.00 bits per heavy atom. The van der Waals surface area contributed by atoms with Gasteiger partial charge in [0.1, 0.15) is 5.76 Å². The summed E-state index contributed by atoms with van der Waals surface area (Å²) >= 11 is 3.22. The van der Waals surface area contributed by atoms with Crippen molar-refractivity contribution in [3.8, 4) is 0 Å². The van der Waals surface area contributed by atoms with E-state index in [1.807, 2.05) is 0 Å². The molecule has 0 fully saturated rings. The second kappa shape index (κ2) is 4.11. The Morgan fingerprint density at radius 1 is 1.75 bits per heavy atom. The van der Waals surface area contributed by atoms with Gasteiger partial charge >= 0.3 is 5.97 Å². The first kappa shape index (κ1) is 9.06. The third-order valence-electron chi connectivity index (χ3n) is 1.22. The molecule has 0 bridgehead atoms. The zero-order valence-electron chi connectivity index (χ0n) is 6.16. The molecule has 0 aliphatic heterocycles. The molecule has 0 atom stereocenters. The SMILES string of the molecule is O=C(O)/C=C/c1coc(CBr)c1. The summed E-state index contributed by atoms with van der Waals surface area (Å²) < 4.78 is 5.06. The number of hydrogen-bond donors (Lipinski definition) is 1. The van der Waals surface area contributed by atoms with Crippen LogP contribution in [0.2, 0.25) is 0 Å². The van der Waals surface area contributed by atoms with Crippen LogP contribution in [0.3, 0.4) is 0 Å². The molecule has 12 heavy (non-hydrogen) atoms. The first-order valence-corrected chi connectivity index (χ1v) is 4.39. The highest BCUT2D eigenvalue weighted by Crippen LogP contribution is 2.12. The van der Waals surface area contributed by atoms with Crippen molar-refractivity contribution >= 4 is 28.0 Å². The van der Waals surface area contributed by atoms with E-state index in [1.54, 1.807) is 6.07 Å². The van der Waals surface area contributed by atoms with Crippen LogP contribution in [0, 0.1) is 0 Å². The molecule has 0 aromatic carbocycles. The smallest absolute Gasteiger partial charge is 0.328 e. The second-order valence-electron chi connectivity index (χ2n) is 2.15. The normalized spacial score (nSPS) is 10.8. The third-order valence-corrected chi connectivity index (χ3v) is 1.78. The van der Waals surface area contributed by atoms with Gasteiger partial charge in [-0.05, 0) is 12.1 Å². The summed E-state index contributed by atoms with van der Waals surface area (Å²) in [7, 11) is 0. The van der Waals surface area contributed by atoms with E-state index in [9.17, 15) is 4.79 Å². The molecule has 0 saturated carbocycles. The van der Waals surface area contributed by atoms with Crippen LogP contribution in [0.15, 0.2) is 22.8 Å². The lowest BCUT2D eigenvalue weighted by molar-refractivity contribution is -0.131. The van der Waals surface area contributed by atoms with Crippen molar-refractivity contribution < 1.29 is 14.3 Å². The van der Waals surface area contributed by atoms with Crippen LogP contribution < -0.4 is 0 Å². The van der Waals surface area contributed by atoms with Gasteiger partial charge < -0.3 is 9.52 Å². The first-order chi connectivity index (χ1) is 5.72. The molecule has 0 radical (unpaired) electrons. The summed E-state index contributed by atoms with van der Waals surface area (Å²) in [5.41, 5.74) is 0.756. The summed E-state index contributed by atoms with van der Waals surface area (Å²) in [5, 5.41) is 8.94. The minimum atomic E-state index is -0.961. The summed E-state index contributed by atoms with van der Waals surface area (Å²) in [5.74, 6) is -0.184. The zero-order chi connectivity index (χ0) is 8.97. The molecule has 0 aliphatic carbocycles. The monoisotopic (exact) mass is 230 g/mol. The summed E-state index contributed by atoms with van der Waals surface area (Å²) in [6.45, 7) is 0. The predicted octanol–water partition coefficient (Wildman–Crippen LogP) is 2.27. The van der Waals surface area contributed by atoms with Gasteiger partial charge in [0.2, 0.25) is 0 Å². The highest BCUT2D eigenvalue weighted by Gasteiger charge is 1.96. The average molecular weight is 231 g/mol. The van der Waals surface area contributed by atoms with Crippen LogP contribution in [-0.2, 0) is 10.1 Å². The maximum Gasteiger partial charge on any atom is 0.328 e. The van der Waals surface area contributed by atoms with Crippen molar-refractivity contribution in [1.29, 1.82) is 0 Å². The molecule has 3 nitrogen and oxygen atoms in total. The Bertz CT molecular complexity index is 301. The third kappa shape index (κ3) is 2.54. The van der Waals surface area contributed by atoms with Crippen molar-refractivity contribution in [3.63, 3.8) is 0 Å². The topological polar surface area (TPSA) is 50.4 Å². The van der Waals surface area contributed by atoms with E-state index in [2.05, 4.69) is 15.9 Å². The molecule has 0 unspecified atom stereocenters. The van der Waals surface area contributed by atoms with E-state index in [-0.39, 0.29) is 0 Å². The molecule has 64 valence electrons. The summed E-state index contributed by atoms with van der Waals surface area (Å²) in [6, 6.07) is 1.77. The summed E-state index contributed by atoms with van der Waals surface area (Å²) in [4.78, 5) is 10.1. The molecule has 0 spiro atoms. The molecular weight excluding hydrogens is 224 g/mol. The Labute approximate surface area is 77.8 Å². The number of alkyl halides is 1. The van der Waals surface area contributed by atoms with E-state index >= 15 is 0 Å². The summed E-state index contributed by atoms with van der Waals surface area (Å²) in [6.07, 6.45) is 4.07. The maximum absolute atomic E-state index is 10.1. The number of furan rings is 1. The van der Waals surface area contributed by atoms with Gasteiger partial charge in [-0.25, -0.2) is 4.79 Å². The van der Waals surface area contributed by atoms with Crippen molar-refractivity contribution in [1.82, 2.24) is 0 Å². The number of halogens is 1. The van der Waals surface area contributed by atoms with E-state index in [4.69, 9.17) is 9.52 Å². The lowest BCUT2D eigenvalue weighted by Gasteiger charge is -1.79. The van der Waals surface area contributed by atoms with Gasteiger partial charge in [0.25, 0.3) is 0 Å². The van der Waals surface area contributed by atoms with Gasteiger partial charge in [-0.15, -0.1) is 0 Å². The fourth-order valence-corrected chi connectivity index (χ4v) is 1.02. The van der Waals surface area contributed by atoms with Gasteiger partial charge in [-0.1, -0.05) is 15.9 Å². The quantitative estimate of drug-likeness (QED) is 0.641. The van der Waals surface area contributed by atoms with E-state index in [0.717, 1.165) is 17.4 Å². The fraction of sp³-hybridized carbons (Fsp3) is 0.125. The number of carbonyl (C=O) groups is 1. The molecule has 0 aliphatic rings. The van der Waals surface area contributed by atoms with Crippen molar-refractivity contribution in [2.24, 2.45) is 0 Å². The fourth-order valence-electron chi connectivity index (χ4n) is 0.723. The molecule has 0 amide bonds. The number of carboxylic acids is 1. The van der Waals surface area contributed by atoms with Gasteiger partial charge in [0.05, 0.1) is 11.6 Å². The Kier molecular flexibility index (Phi) is 3.10.